The maximum absolute atomic E-state index is 5.92. The van der Waals surface area contributed by atoms with Gasteiger partial charge in [-0.1, -0.05) is 11.6 Å². The van der Waals surface area contributed by atoms with E-state index in [-0.39, 0.29) is 0 Å². The molecule has 0 aliphatic heterocycles. The van der Waals surface area contributed by atoms with Crippen LogP contribution in [-0.2, 0) is 0 Å². The molecule has 0 unspecified atom stereocenters. The van der Waals surface area contributed by atoms with Crippen molar-refractivity contribution in [2.24, 2.45) is 0 Å². The second-order valence-electron chi connectivity index (χ2n) is 3.85. The van der Waals surface area contributed by atoms with Crippen LogP contribution in [0, 0.1) is 27.7 Å². The summed E-state index contributed by atoms with van der Waals surface area (Å²) in [5.41, 5.74) is 4.05. The van der Waals surface area contributed by atoms with E-state index in [1.165, 1.54) is 0 Å². The van der Waals surface area contributed by atoms with Crippen LogP contribution in [-0.4, -0.2) is 19.7 Å². The van der Waals surface area contributed by atoms with Crippen molar-refractivity contribution in [3.8, 4) is 5.82 Å². The maximum Gasteiger partial charge on any atom is 0.164 e. The van der Waals surface area contributed by atoms with Crippen LogP contribution >= 0.6 is 11.6 Å². The fraction of sp³-hybridized carbons (Fsp3) is 0.364. The third-order valence-corrected chi connectivity index (χ3v) is 3.28. The van der Waals surface area contributed by atoms with Gasteiger partial charge in [0.1, 0.15) is 6.33 Å². The lowest BCUT2D eigenvalue weighted by atomic mass is 10.2. The molecule has 0 amide bonds. The van der Waals surface area contributed by atoms with E-state index in [4.69, 9.17) is 11.6 Å². The molecule has 5 heteroatoms. The monoisotopic (exact) mass is 236 g/mol. The van der Waals surface area contributed by atoms with Crippen molar-refractivity contribution in [1.29, 1.82) is 0 Å². The van der Waals surface area contributed by atoms with Gasteiger partial charge in [-0.2, -0.15) is 0 Å². The van der Waals surface area contributed by atoms with E-state index < -0.39 is 0 Å². The number of rotatable bonds is 1. The molecule has 2 aromatic rings. The molecule has 16 heavy (non-hydrogen) atoms. The molecule has 0 atom stereocenters. The van der Waals surface area contributed by atoms with E-state index in [1.807, 2.05) is 32.3 Å². The molecule has 2 rings (SSSR count). The second-order valence-corrected chi connectivity index (χ2v) is 4.21. The molecule has 0 saturated heterocycles. The Labute approximate surface area is 99.3 Å². The molecule has 2 aromatic heterocycles. The fourth-order valence-electron chi connectivity index (χ4n) is 1.50. The van der Waals surface area contributed by atoms with Crippen LogP contribution in [0.1, 0.15) is 22.5 Å². The van der Waals surface area contributed by atoms with Gasteiger partial charge in [-0.3, -0.25) is 4.57 Å². The summed E-state index contributed by atoms with van der Waals surface area (Å²) in [5.74, 6) is 0.792. The molecule has 2 heterocycles. The van der Waals surface area contributed by atoms with Crippen LogP contribution in [0.4, 0.5) is 0 Å². The summed E-state index contributed by atoms with van der Waals surface area (Å²) in [5, 5.41) is 8.51. The van der Waals surface area contributed by atoms with E-state index in [1.54, 1.807) is 6.33 Å². The summed E-state index contributed by atoms with van der Waals surface area (Å²) in [4.78, 5) is 4.25. The maximum atomic E-state index is 5.92. The lowest BCUT2D eigenvalue weighted by Gasteiger charge is -2.09. The minimum Gasteiger partial charge on any atom is -0.286 e. The SMILES string of the molecule is Cc1ncn(-c2nnc(Cl)c(C)c2C)c1C. The molecule has 0 saturated carbocycles. The fourth-order valence-corrected chi connectivity index (χ4v) is 1.68. The number of aryl methyl sites for hydroxylation is 1. The van der Waals surface area contributed by atoms with Gasteiger partial charge in [0.15, 0.2) is 11.0 Å². The highest BCUT2D eigenvalue weighted by Crippen LogP contribution is 2.21. The quantitative estimate of drug-likeness (QED) is 0.764. The molecule has 0 aliphatic carbocycles. The van der Waals surface area contributed by atoms with Crippen LogP contribution < -0.4 is 0 Å². The van der Waals surface area contributed by atoms with Crippen LogP contribution in [0.15, 0.2) is 6.33 Å². The molecule has 0 aliphatic rings. The van der Waals surface area contributed by atoms with Crippen molar-refractivity contribution < 1.29 is 0 Å². The summed E-state index contributed by atoms with van der Waals surface area (Å²) in [6.45, 7) is 7.90. The first kappa shape index (κ1) is 11.1. The number of hydrogen-bond donors (Lipinski definition) is 0. The normalized spacial score (nSPS) is 10.8. The lowest BCUT2D eigenvalue weighted by Crippen LogP contribution is -2.05. The summed E-state index contributed by atoms with van der Waals surface area (Å²) >= 11 is 5.92. The Balaban J connectivity index is 2.66. The average molecular weight is 237 g/mol. The van der Waals surface area contributed by atoms with E-state index in [0.29, 0.717) is 5.15 Å². The van der Waals surface area contributed by atoms with Gasteiger partial charge < -0.3 is 0 Å². The Morgan fingerprint density at radius 3 is 2.31 bits per heavy atom. The Bertz CT molecular complexity index is 545. The number of aromatic nitrogens is 4. The molecule has 4 nitrogen and oxygen atoms in total. The van der Waals surface area contributed by atoms with Crippen LogP contribution in [0.5, 0.6) is 0 Å². The Kier molecular flexibility index (Phi) is 2.68. The molecular formula is C11H13ClN4. The number of hydrogen-bond acceptors (Lipinski definition) is 3. The van der Waals surface area contributed by atoms with E-state index >= 15 is 0 Å². The van der Waals surface area contributed by atoms with Gasteiger partial charge in [-0.05, 0) is 33.3 Å². The molecule has 0 N–H and O–H groups in total. The number of nitrogens with zero attached hydrogens (tertiary/aromatic N) is 4. The minimum absolute atomic E-state index is 0.454. The second kappa shape index (κ2) is 3.87. The lowest BCUT2D eigenvalue weighted by molar-refractivity contribution is 0.867. The van der Waals surface area contributed by atoms with Gasteiger partial charge in [-0.15, -0.1) is 10.2 Å². The predicted molar refractivity (Wildman–Crippen MR) is 63.1 cm³/mol. The Morgan fingerprint density at radius 2 is 1.75 bits per heavy atom. The zero-order valence-corrected chi connectivity index (χ0v) is 10.5. The van der Waals surface area contributed by atoms with Crippen molar-refractivity contribution in [1.82, 2.24) is 19.7 Å². The highest BCUT2D eigenvalue weighted by molar-refractivity contribution is 6.30. The van der Waals surface area contributed by atoms with Crippen LogP contribution in [0.25, 0.3) is 5.82 Å². The summed E-state index contributed by atoms with van der Waals surface area (Å²) < 4.78 is 1.93. The van der Waals surface area contributed by atoms with E-state index in [9.17, 15) is 0 Å². The van der Waals surface area contributed by atoms with Crippen LogP contribution in [0.3, 0.4) is 0 Å². The first-order valence-corrected chi connectivity index (χ1v) is 5.40. The van der Waals surface area contributed by atoms with Crippen molar-refractivity contribution >= 4 is 11.6 Å². The molecular weight excluding hydrogens is 224 g/mol. The average Bonchev–Trinajstić information content (AvgIpc) is 2.58. The van der Waals surface area contributed by atoms with Crippen molar-refractivity contribution in [3.63, 3.8) is 0 Å². The topological polar surface area (TPSA) is 43.6 Å². The Hall–Kier alpha value is -1.42. The van der Waals surface area contributed by atoms with Gasteiger partial charge in [0, 0.05) is 11.3 Å². The summed E-state index contributed by atoms with van der Waals surface area (Å²) in [7, 11) is 0. The standard InChI is InChI=1S/C11H13ClN4/c1-6-7(2)11(15-14-10(6)12)16-5-13-8(3)9(16)4/h5H,1-4H3. The zero-order chi connectivity index (χ0) is 11.9. The summed E-state index contributed by atoms with van der Waals surface area (Å²) in [6, 6.07) is 0. The predicted octanol–water partition coefficient (Wildman–Crippen LogP) is 2.55. The smallest absolute Gasteiger partial charge is 0.164 e. The van der Waals surface area contributed by atoms with Crippen LogP contribution in [0.2, 0.25) is 5.15 Å². The van der Waals surface area contributed by atoms with Crippen molar-refractivity contribution in [2.45, 2.75) is 27.7 Å². The molecule has 0 bridgehead atoms. The van der Waals surface area contributed by atoms with Crippen molar-refractivity contribution in [2.75, 3.05) is 0 Å². The largest absolute Gasteiger partial charge is 0.286 e. The molecule has 0 spiro atoms. The van der Waals surface area contributed by atoms with Gasteiger partial charge in [0.25, 0.3) is 0 Å². The first-order valence-electron chi connectivity index (χ1n) is 5.02. The van der Waals surface area contributed by atoms with Gasteiger partial charge in [0.05, 0.1) is 5.69 Å². The molecule has 0 radical (unpaired) electrons. The summed E-state index contributed by atoms with van der Waals surface area (Å²) in [6.07, 6.45) is 1.76. The first-order chi connectivity index (χ1) is 7.52. The number of halogens is 1. The van der Waals surface area contributed by atoms with Gasteiger partial charge in [0.2, 0.25) is 0 Å². The third kappa shape index (κ3) is 1.59. The highest BCUT2D eigenvalue weighted by Gasteiger charge is 2.12. The molecule has 0 fully saturated rings. The highest BCUT2D eigenvalue weighted by atomic mass is 35.5. The Morgan fingerprint density at radius 1 is 1.06 bits per heavy atom. The third-order valence-electron chi connectivity index (χ3n) is 2.92. The molecule has 84 valence electrons. The van der Waals surface area contributed by atoms with Crippen molar-refractivity contribution in [3.05, 3.63) is 34.0 Å². The van der Waals surface area contributed by atoms with E-state index in [2.05, 4.69) is 15.2 Å². The van der Waals surface area contributed by atoms with Gasteiger partial charge in [-0.25, -0.2) is 4.98 Å². The van der Waals surface area contributed by atoms with E-state index in [0.717, 1.165) is 28.3 Å². The molecule has 0 aromatic carbocycles. The minimum atomic E-state index is 0.454. The zero-order valence-electron chi connectivity index (χ0n) is 9.74. The number of imidazole rings is 1. The van der Waals surface area contributed by atoms with Gasteiger partial charge >= 0.3 is 0 Å².